The Bertz CT molecular complexity index is 204. The average Bonchev–Trinajstić information content (AvgIpc) is 2.83. The Hall–Kier alpha value is -0.120. The number of rotatable bonds is 4. The van der Waals surface area contributed by atoms with E-state index in [1.165, 1.54) is 51.9 Å². The first-order valence-electron chi connectivity index (χ1n) is 6.94. The van der Waals surface area contributed by atoms with Gasteiger partial charge in [-0.05, 0) is 51.7 Å². The van der Waals surface area contributed by atoms with Gasteiger partial charge in [-0.25, -0.2) is 0 Å². The van der Waals surface area contributed by atoms with Gasteiger partial charge in [-0.2, -0.15) is 0 Å². The van der Waals surface area contributed by atoms with Gasteiger partial charge in [0.1, 0.15) is 0 Å². The third-order valence-electron chi connectivity index (χ3n) is 4.08. The van der Waals surface area contributed by atoms with Crippen molar-refractivity contribution in [3.8, 4) is 0 Å². The van der Waals surface area contributed by atoms with Crippen LogP contribution in [-0.2, 0) is 0 Å². The number of likely N-dealkylation sites (tertiary alicyclic amines) is 2. The van der Waals surface area contributed by atoms with Crippen LogP contribution < -0.4 is 0 Å². The maximum atomic E-state index is 9.71. The Morgan fingerprint density at radius 3 is 2.62 bits per heavy atom. The smallest absolute Gasteiger partial charge is 0.0664 e. The molecule has 2 unspecified atom stereocenters. The molecule has 1 N–H and O–H groups in total. The van der Waals surface area contributed by atoms with Gasteiger partial charge < -0.3 is 5.11 Å². The van der Waals surface area contributed by atoms with Crippen molar-refractivity contribution in [2.24, 2.45) is 0 Å². The van der Waals surface area contributed by atoms with Crippen LogP contribution in [0, 0.1) is 0 Å². The Morgan fingerprint density at radius 1 is 1.19 bits per heavy atom. The van der Waals surface area contributed by atoms with Crippen molar-refractivity contribution in [2.45, 2.75) is 51.2 Å². The second kappa shape index (κ2) is 5.99. The zero-order valence-electron chi connectivity index (χ0n) is 10.6. The van der Waals surface area contributed by atoms with E-state index in [9.17, 15) is 5.11 Å². The van der Waals surface area contributed by atoms with Crippen LogP contribution in [0.15, 0.2) is 0 Å². The number of nitrogens with zero attached hydrogens (tertiary/aromatic N) is 2. The van der Waals surface area contributed by atoms with Gasteiger partial charge in [0.05, 0.1) is 6.10 Å². The summed E-state index contributed by atoms with van der Waals surface area (Å²) in [6.45, 7) is 7.90. The SMILES string of the molecule is CCC(O)CN1CCCC(N2CCCC2)C1. The molecule has 2 fully saturated rings. The lowest BCUT2D eigenvalue weighted by Gasteiger charge is -2.38. The van der Waals surface area contributed by atoms with E-state index in [1.807, 2.05) is 0 Å². The summed E-state index contributed by atoms with van der Waals surface area (Å²) in [6, 6.07) is 0.764. The first kappa shape index (κ1) is 12.3. The summed E-state index contributed by atoms with van der Waals surface area (Å²) in [7, 11) is 0. The third kappa shape index (κ3) is 3.19. The van der Waals surface area contributed by atoms with Crippen LogP contribution in [0.25, 0.3) is 0 Å². The molecule has 0 amide bonds. The van der Waals surface area contributed by atoms with E-state index >= 15 is 0 Å². The van der Waals surface area contributed by atoms with Gasteiger partial charge in [-0.3, -0.25) is 9.80 Å². The van der Waals surface area contributed by atoms with E-state index < -0.39 is 0 Å². The monoisotopic (exact) mass is 226 g/mol. The van der Waals surface area contributed by atoms with Crippen LogP contribution in [0.5, 0.6) is 0 Å². The first-order chi connectivity index (χ1) is 7.79. The Morgan fingerprint density at radius 2 is 1.94 bits per heavy atom. The molecule has 94 valence electrons. The molecule has 3 nitrogen and oxygen atoms in total. The second-order valence-electron chi connectivity index (χ2n) is 5.36. The van der Waals surface area contributed by atoms with E-state index in [-0.39, 0.29) is 6.10 Å². The van der Waals surface area contributed by atoms with E-state index in [0.717, 1.165) is 19.0 Å². The lowest BCUT2D eigenvalue weighted by atomic mass is 10.0. The van der Waals surface area contributed by atoms with Crippen LogP contribution in [0.1, 0.15) is 39.0 Å². The van der Waals surface area contributed by atoms with Crippen molar-refractivity contribution in [1.82, 2.24) is 9.80 Å². The minimum absolute atomic E-state index is 0.127. The van der Waals surface area contributed by atoms with Gasteiger partial charge in [0.2, 0.25) is 0 Å². The molecule has 2 heterocycles. The lowest BCUT2D eigenvalue weighted by Crippen LogP contribution is -2.48. The molecule has 2 aliphatic heterocycles. The summed E-state index contributed by atoms with van der Waals surface area (Å²) in [4.78, 5) is 5.12. The van der Waals surface area contributed by atoms with Crippen LogP contribution in [0.2, 0.25) is 0 Å². The van der Waals surface area contributed by atoms with E-state index in [2.05, 4.69) is 16.7 Å². The number of aliphatic hydroxyl groups excluding tert-OH is 1. The summed E-state index contributed by atoms with van der Waals surface area (Å²) >= 11 is 0. The van der Waals surface area contributed by atoms with E-state index in [4.69, 9.17) is 0 Å². The molecular weight excluding hydrogens is 200 g/mol. The normalized spacial score (nSPS) is 30.8. The van der Waals surface area contributed by atoms with Gasteiger partial charge >= 0.3 is 0 Å². The molecule has 3 heteroatoms. The van der Waals surface area contributed by atoms with E-state index in [1.54, 1.807) is 0 Å². The molecule has 2 atom stereocenters. The van der Waals surface area contributed by atoms with Crippen LogP contribution in [0.4, 0.5) is 0 Å². The maximum absolute atomic E-state index is 9.71. The highest BCUT2D eigenvalue weighted by Crippen LogP contribution is 2.20. The maximum Gasteiger partial charge on any atom is 0.0664 e. The van der Waals surface area contributed by atoms with Gasteiger partial charge in [0.25, 0.3) is 0 Å². The Kier molecular flexibility index (Phi) is 4.62. The molecule has 16 heavy (non-hydrogen) atoms. The quantitative estimate of drug-likeness (QED) is 0.783. The second-order valence-corrected chi connectivity index (χ2v) is 5.36. The number of β-amino-alcohol motifs (C(OH)–C–C–N with tert-alkyl or cyclic N) is 1. The molecule has 0 aromatic rings. The summed E-state index contributed by atoms with van der Waals surface area (Å²) in [5, 5.41) is 9.71. The van der Waals surface area contributed by atoms with Gasteiger partial charge in [-0.1, -0.05) is 6.92 Å². The van der Waals surface area contributed by atoms with E-state index in [0.29, 0.717) is 0 Å². The molecule has 0 bridgehead atoms. The Balaban J connectivity index is 1.79. The lowest BCUT2D eigenvalue weighted by molar-refractivity contribution is 0.0638. The highest BCUT2D eigenvalue weighted by Gasteiger charge is 2.27. The predicted octanol–water partition coefficient (Wildman–Crippen LogP) is 1.32. The minimum atomic E-state index is -0.127. The van der Waals surface area contributed by atoms with Crippen molar-refractivity contribution in [1.29, 1.82) is 0 Å². The van der Waals surface area contributed by atoms with Crippen LogP contribution >= 0.6 is 0 Å². The van der Waals surface area contributed by atoms with Crippen molar-refractivity contribution in [3.63, 3.8) is 0 Å². The highest BCUT2D eigenvalue weighted by molar-refractivity contribution is 4.83. The topological polar surface area (TPSA) is 26.7 Å². The zero-order valence-corrected chi connectivity index (χ0v) is 10.6. The van der Waals surface area contributed by atoms with Gasteiger partial charge in [0.15, 0.2) is 0 Å². The zero-order chi connectivity index (χ0) is 11.4. The number of hydrogen-bond acceptors (Lipinski definition) is 3. The summed E-state index contributed by atoms with van der Waals surface area (Å²) in [6.07, 6.45) is 6.18. The molecule has 0 radical (unpaired) electrons. The van der Waals surface area contributed by atoms with Gasteiger partial charge in [0, 0.05) is 19.1 Å². The fourth-order valence-electron chi connectivity index (χ4n) is 3.03. The summed E-state index contributed by atoms with van der Waals surface area (Å²) < 4.78 is 0. The minimum Gasteiger partial charge on any atom is -0.392 e. The molecular formula is C13H26N2O. The molecule has 0 aliphatic carbocycles. The molecule has 0 saturated carbocycles. The molecule has 2 aliphatic rings. The largest absolute Gasteiger partial charge is 0.392 e. The van der Waals surface area contributed by atoms with Crippen molar-refractivity contribution >= 4 is 0 Å². The van der Waals surface area contributed by atoms with Crippen LogP contribution in [-0.4, -0.2) is 59.8 Å². The van der Waals surface area contributed by atoms with Crippen molar-refractivity contribution in [3.05, 3.63) is 0 Å². The first-order valence-corrected chi connectivity index (χ1v) is 6.94. The highest BCUT2D eigenvalue weighted by atomic mass is 16.3. The summed E-state index contributed by atoms with van der Waals surface area (Å²) in [5.41, 5.74) is 0. The van der Waals surface area contributed by atoms with Crippen LogP contribution in [0.3, 0.4) is 0 Å². The average molecular weight is 226 g/mol. The third-order valence-corrected chi connectivity index (χ3v) is 4.08. The number of piperidine rings is 1. The molecule has 0 aromatic carbocycles. The number of aliphatic hydroxyl groups is 1. The summed E-state index contributed by atoms with van der Waals surface area (Å²) in [5.74, 6) is 0. The standard InChI is InChI=1S/C13H26N2O/c1-2-13(16)11-14-7-5-6-12(10-14)15-8-3-4-9-15/h12-13,16H,2-11H2,1H3. The van der Waals surface area contributed by atoms with Crippen molar-refractivity contribution in [2.75, 3.05) is 32.7 Å². The number of hydrogen-bond donors (Lipinski definition) is 1. The van der Waals surface area contributed by atoms with Crippen molar-refractivity contribution < 1.29 is 5.11 Å². The molecule has 0 spiro atoms. The Labute approximate surface area is 99.4 Å². The van der Waals surface area contributed by atoms with Gasteiger partial charge in [-0.15, -0.1) is 0 Å². The fourth-order valence-corrected chi connectivity index (χ4v) is 3.03. The fraction of sp³-hybridized carbons (Fsp3) is 1.00. The molecule has 2 saturated heterocycles. The predicted molar refractivity (Wildman–Crippen MR) is 66.6 cm³/mol. The molecule has 2 rings (SSSR count). The molecule has 0 aromatic heterocycles.